The quantitative estimate of drug-likeness (QED) is 0.583. The number of rotatable bonds is 6. The average molecular weight is 418 g/mol. The molecule has 0 aliphatic carbocycles. The van der Waals surface area contributed by atoms with Crippen LogP contribution in [-0.2, 0) is 19.4 Å². The molecule has 2 aromatic carbocycles. The van der Waals surface area contributed by atoms with Crippen LogP contribution in [0.3, 0.4) is 0 Å². The van der Waals surface area contributed by atoms with E-state index in [1.807, 2.05) is 36.4 Å². The minimum atomic E-state index is -0.116. The van der Waals surface area contributed by atoms with E-state index in [4.69, 9.17) is 14.2 Å². The summed E-state index contributed by atoms with van der Waals surface area (Å²) < 4.78 is 16.8. The molecule has 0 unspecified atom stereocenters. The largest absolute Gasteiger partial charge is 0.493 e. The van der Waals surface area contributed by atoms with Crippen molar-refractivity contribution in [3.8, 4) is 23.1 Å². The van der Waals surface area contributed by atoms with Crippen LogP contribution >= 0.6 is 0 Å². The second-order valence-corrected chi connectivity index (χ2v) is 7.38. The lowest BCUT2D eigenvalue weighted by atomic mass is 9.98. The Morgan fingerprint density at radius 2 is 1.71 bits per heavy atom. The Balaban J connectivity index is 1.53. The minimum Gasteiger partial charge on any atom is -0.493 e. The summed E-state index contributed by atoms with van der Waals surface area (Å²) >= 11 is 0. The number of hydrogen-bond donors (Lipinski definition) is 0. The van der Waals surface area contributed by atoms with Gasteiger partial charge in [-0.2, -0.15) is 0 Å². The van der Waals surface area contributed by atoms with Crippen molar-refractivity contribution in [2.45, 2.75) is 26.3 Å². The highest BCUT2D eigenvalue weighted by atomic mass is 16.5. The molecule has 6 heteroatoms. The summed E-state index contributed by atoms with van der Waals surface area (Å²) in [6, 6.07) is 17.1. The molecule has 0 N–H and O–H groups in total. The number of fused-ring (bicyclic) bond motifs is 1. The number of carbonyl (C=O) groups is 1. The molecule has 0 bridgehead atoms. The molecule has 0 radical (unpaired) electrons. The molecule has 1 aliphatic heterocycles. The van der Waals surface area contributed by atoms with E-state index < -0.39 is 0 Å². The van der Waals surface area contributed by atoms with Gasteiger partial charge in [0, 0.05) is 19.2 Å². The number of amides is 1. The van der Waals surface area contributed by atoms with Gasteiger partial charge in [0.25, 0.3) is 5.91 Å². The fourth-order valence-electron chi connectivity index (χ4n) is 3.82. The van der Waals surface area contributed by atoms with Crippen LogP contribution in [0, 0.1) is 0 Å². The van der Waals surface area contributed by atoms with Crippen LogP contribution in [0.1, 0.15) is 34.1 Å². The number of aromatic nitrogens is 1. The number of hydrogen-bond acceptors (Lipinski definition) is 5. The van der Waals surface area contributed by atoms with Gasteiger partial charge in [-0.15, -0.1) is 0 Å². The van der Waals surface area contributed by atoms with Gasteiger partial charge in [0.15, 0.2) is 11.5 Å². The molecular formula is C25H26N2O4. The standard InChI is InChI=1S/C25H26N2O4/c1-4-17-8-5-6-10-21(17)31-24-11-7-9-20(26-24)25(28)27-13-12-18-14-22(29-2)23(30-3)15-19(18)16-27/h5-11,14-15H,4,12-13,16H2,1-3H3. The zero-order valence-corrected chi connectivity index (χ0v) is 18.1. The molecule has 0 saturated heterocycles. The minimum absolute atomic E-state index is 0.116. The third-order valence-electron chi connectivity index (χ3n) is 5.52. The number of ether oxygens (including phenoxy) is 3. The van der Waals surface area contributed by atoms with E-state index >= 15 is 0 Å². The molecule has 160 valence electrons. The number of benzene rings is 2. The van der Waals surface area contributed by atoms with Gasteiger partial charge in [-0.25, -0.2) is 4.98 Å². The van der Waals surface area contributed by atoms with Crippen molar-refractivity contribution in [2.75, 3.05) is 20.8 Å². The van der Waals surface area contributed by atoms with Gasteiger partial charge in [-0.05, 0) is 53.8 Å². The summed E-state index contributed by atoms with van der Waals surface area (Å²) in [5.74, 6) is 2.43. The molecule has 4 rings (SSSR count). The highest BCUT2D eigenvalue weighted by Gasteiger charge is 2.24. The third-order valence-corrected chi connectivity index (χ3v) is 5.52. The van der Waals surface area contributed by atoms with E-state index in [1.165, 1.54) is 5.56 Å². The van der Waals surface area contributed by atoms with E-state index in [0.29, 0.717) is 36.2 Å². The zero-order valence-electron chi connectivity index (χ0n) is 18.1. The third kappa shape index (κ3) is 4.33. The summed E-state index contributed by atoms with van der Waals surface area (Å²) in [4.78, 5) is 19.5. The van der Waals surface area contributed by atoms with Gasteiger partial charge in [-0.1, -0.05) is 31.2 Å². The number of aryl methyl sites for hydroxylation is 1. The van der Waals surface area contributed by atoms with E-state index in [9.17, 15) is 4.79 Å². The monoisotopic (exact) mass is 418 g/mol. The first-order valence-corrected chi connectivity index (χ1v) is 10.4. The van der Waals surface area contributed by atoms with Crippen molar-refractivity contribution >= 4 is 5.91 Å². The van der Waals surface area contributed by atoms with Gasteiger partial charge < -0.3 is 19.1 Å². The molecular weight excluding hydrogens is 392 g/mol. The van der Waals surface area contributed by atoms with Crippen molar-refractivity contribution in [1.82, 2.24) is 9.88 Å². The first kappa shape index (κ1) is 20.7. The van der Waals surface area contributed by atoms with Crippen LogP contribution in [0.5, 0.6) is 23.1 Å². The number of methoxy groups -OCH3 is 2. The van der Waals surface area contributed by atoms with Gasteiger partial charge in [0.2, 0.25) is 5.88 Å². The second kappa shape index (κ2) is 9.08. The molecule has 0 fully saturated rings. The van der Waals surface area contributed by atoms with Crippen LogP contribution in [0.15, 0.2) is 54.6 Å². The first-order valence-electron chi connectivity index (χ1n) is 10.4. The Morgan fingerprint density at radius 1 is 0.968 bits per heavy atom. The van der Waals surface area contributed by atoms with Crippen LogP contribution in [-0.4, -0.2) is 36.6 Å². The molecule has 3 aromatic rings. The highest BCUT2D eigenvalue weighted by molar-refractivity contribution is 5.92. The second-order valence-electron chi connectivity index (χ2n) is 7.38. The fourth-order valence-corrected chi connectivity index (χ4v) is 3.82. The maximum Gasteiger partial charge on any atom is 0.272 e. The van der Waals surface area contributed by atoms with E-state index in [-0.39, 0.29) is 5.91 Å². The highest BCUT2D eigenvalue weighted by Crippen LogP contribution is 2.33. The summed E-state index contributed by atoms with van der Waals surface area (Å²) in [6.07, 6.45) is 1.61. The lowest BCUT2D eigenvalue weighted by Crippen LogP contribution is -2.36. The van der Waals surface area contributed by atoms with E-state index in [1.54, 1.807) is 37.3 Å². The van der Waals surface area contributed by atoms with Gasteiger partial charge >= 0.3 is 0 Å². The van der Waals surface area contributed by atoms with Crippen molar-refractivity contribution < 1.29 is 19.0 Å². The predicted octanol–water partition coefficient (Wildman–Crippen LogP) is 4.65. The molecule has 0 saturated carbocycles. The predicted molar refractivity (Wildman–Crippen MR) is 118 cm³/mol. The number of carbonyl (C=O) groups excluding carboxylic acids is 1. The Morgan fingerprint density at radius 3 is 2.45 bits per heavy atom. The number of para-hydroxylation sites is 1. The topological polar surface area (TPSA) is 60.9 Å². The van der Waals surface area contributed by atoms with Gasteiger partial charge in [0.05, 0.1) is 14.2 Å². The molecule has 6 nitrogen and oxygen atoms in total. The normalized spacial score (nSPS) is 12.8. The lowest BCUT2D eigenvalue weighted by Gasteiger charge is -2.29. The molecule has 1 aromatic heterocycles. The SMILES string of the molecule is CCc1ccccc1Oc1cccc(C(=O)N2CCc3cc(OC)c(OC)cc3C2)n1. The maximum atomic E-state index is 13.2. The summed E-state index contributed by atoms with van der Waals surface area (Å²) in [7, 11) is 3.24. The number of pyridine rings is 1. The lowest BCUT2D eigenvalue weighted by molar-refractivity contribution is 0.0727. The Labute approximate surface area is 182 Å². The first-order chi connectivity index (χ1) is 15.1. The van der Waals surface area contributed by atoms with Gasteiger partial charge in [-0.3, -0.25) is 4.79 Å². The zero-order chi connectivity index (χ0) is 21.8. The molecule has 0 spiro atoms. The molecule has 0 atom stereocenters. The van der Waals surface area contributed by atoms with Crippen molar-refractivity contribution in [3.05, 3.63) is 77.0 Å². The van der Waals surface area contributed by atoms with E-state index in [0.717, 1.165) is 29.7 Å². The average Bonchev–Trinajstić information content (AvgIpc) is 2.82. The van der Waals surface area contributed by atoms with Crippen molar-refractivity contribution in [2.24, 2.45) is 0 Å². The Hall–Kier alpha value is -3.54. The Kier molecular flexibility index (Phi) is 6.07. The van der Waals surface area contributed by atoms with Crippen LogP contribution in [0.25, 0.3) is 0 Å². The molecule has 2 heterocycles. The number of nitrogens with zero attached hydrogens (tertiary/aromatic N) is 2. The van der Waals surface area contributed by atoms with Crippen LogP contribution in [0.4, 0.5) is 0 Å². The van der Waals surface area contributed by atoms with Crippen LogP contribution in [0.2, 0.25) is 0 Å². The Bertz CT molecular complexity index is 1100. The smallest absolute Gasteiger partial charge is 0.272 e. The summed E-state index contributed by atoms with van der Waals surface area (Å²) in [6.45, 7) is 3.20. The van der Waals surface area contributed by atoms with Crippen LogP contribution < -0.4 is 14.2 Å². The molecule has 1 aliphatic rings. The summed E-state index contributed by atoms with van der Waals surface area (Å²) in [5, 5.41) is 0. The maximum absolute atomic E-state index is 13.2. The van der Waals surface area contributed by atoms with E-state index in [2.05, 4.69) is 11.9 Å². The van der Waals surface area contributed by atoms with Gasteiger partial charge in [0.1, 0.15) is 11.4 Å². The molecule has 31 heavy (non-hydrogen) atoms. The van der Waals surface area contributed by atoms with Crippen molar-refractivity contribution in [3.63, 3.8) is 0 Å². The van der Waals surface area contributed by atoms with Crippen molar-refractivity contribution in [1.29, 1.82) is 0 Å². The summed E-state index contributed by atoms with van der Waals surface area (Å²) in [5.41, 5.74) is 3.69. The molecule has 1 amide bonds. The fraction of sp³-hybridized carbons (Fsp3) is 0.280.